The number of rotatable bonds is 5. The zero-order valence-corrected chi connectivity index (χ0v) is 18.2. The fraction of sp³-hybridized carbons (Fsp3) is 0.111. The molecular formula is C27H19F2NO4. The van der Waals surface area contributed by atoms with Crippen LogP contribution in [0.1, 0.15) is 16.7 Å². The maximum absolute atomic E-state index is 13.3. The molecule has 1 amide bonds. The molecule has 0 aliphatic carbocycles. The molecule has 0 atom stereocenters. The molecule has 0 aliphatic rings. The van der Waals surface area contributed by atoms with E-state index >= 15 is 0 Å². The molecule has 3 aromatic carbocycles. The highest BCUT2D eigenvalue weighted by molar-refractivity contribution is 6.02. The van der Waals surface area contributed by atoms with Crippen LogP contribution in [-0.2, 0) is 17.8 Å². The average molecular weight is 459 g/mol. The predicted octanol–water partition coefficient (Wildman–Crippen LogP) is 5.65. The van der Waals surface area contributed by atoms with Crippen LogP contribution in [0.3, 0.4) is 0 Å². The molecule has 5 aromatic rings. The Bertz CT molecular complexity index is 1580. The highest BCUT2D eigenvalue weighted by Crippen LogP contribution is 2.34. The standard InChI is InChI=1S/C27H19F2NO4/c1-15-20-10-22-23(17-4-8-19(29)9-5-17)14-33-24(22)12-25(20)34-27(32)21(15)11-26(31)30-13-16-2-6-18(28)7-3-16/h2-10,12,14H,11,13H2,1H3,(H,30,31). The van der Waals surface area contributed by atoms with E-state index in [0.717, 1.165) is 22.1 Å². The van der Waals surface area contributed by atoms with Gasteiger partial charge in [0.05, 0.1) is 18.2 Å². The maximum atomic E-state index is 13.3. The SMILES string of the molecule is Cc1c(CC(=O)NCc2ccc(F)cc2)c(=O)oc2cc3occ(-c4ccc(F)cc4)c3cc12. The van der Waals surface area contributed by atoms with Crippen LogP contribution in [0.15, 0.2) is 80.6 Å². The van der Waals surface area contributed by atoms with Crippen molar-refractivity contribution >= 4 is 27.8 Å². The third-order valence-electron chi connectivity index (χ3n) is 5.88. The van der Waals surface area contributed by atoms with E-state index in [2.05, 4.69) is 5.32 Å². The van der Waals surface area contributed by atoms with Crippen LogP contribution in [-0.4, -0.2) is 5.91 Å². The summed E-state index contributed by atoms with van der Waals surface area (Å²) in [6.07, 6.45) is 1.42. The molecule has 0 bridgehead atoms. The van der Waals surface area contributed by atoms with E-state index in [0.29, 0.717) is 22.1 Å². The van der Waals surface area contributed by atoms with Gasteiger partial charge in [0, 0.05) is 28.9 Å². The smallest absolute Gasteiger partial charge is 0.340 e. The van der Waals surface area contributed by atoms with E-state index in [9.17, 15) is 18.4 Å². The van der Waals surface area contributed by atoms with Crippen molar-refractivity contribution < 1.29 is 22.4 Å². The van der Waals surface area contributed by atoms with Crippen molar-refractivity contribution in [2.45, 2.75) is 19.9 Å². The fourth-order valence-electron chi connectivity index (χ4n) is 3.99. The molecule has 2 aromatic heterocycles. The number of hydrogen-bond acceptors (Lipinski definition) is 4. The Labute approximate surface area is 192 Å². The molecule has 0 spiro atoms. The molecule has 7 heteroatoms. The van der Waals surface area contributed by atoms with E-state index in [4.69, 9.17) is 8.83 Å². The summed E-state index contributed by atoms with van der Waals surface area (Å²) >= 11 is 0. The van der Waals surface area contributed by atoms with Gasteiger partial charge in [-0.05, 0) is 53.9 Å². The molecular weight excluding hydrogens is 440 g/mol. The van der Waals surface area contributed by atoms with Crippen LogP contribution in [0, 0.1) is 18.6 Å². The van der Waals surface area contributed by atoms with Gasteiger partial charge in [0.1, 0.15) is 22.8 Å². The van der Waals surface area contributed by atoms with Crippen molar-refractivity contribution in [1.29, 1.82) is 0 Å². The van der Waals surface area contributed by atoms with Gasteiger partial charge >= 0.3 is 5.63 Å². The lowest BCUT2D eigenvalue weighted by Crippen LogP contribution is -2.27. The molecule has 0 radical (unpaired) electrons. The van der Waals surface area contributed by atoms with Crippen molar-refractivity contribution in [3.63, 3.8) is 0 Å². The number of carbonyl (C=O) groups excluding carboxylic acids is 1. The predicted molar refractivity (Wildman–Crippen MR) is 124 cm³/mol. The van der Waals surface area contributed by atoms with Crippen LogP contribution in [0.5, 0.6) is 0 Å². The zero-order chi connectivity index (χ0) is 23.8. The molecule has 0 aliphatic heterocycles. The number of furan rings is 1. The topological polar surface area (TPSA) is 72.5 Å². The molecule has 0 unspecified atom stereocenters. The lowest BCUT2D eigenvalue weighted by atomic mass is 9.99. The quantitative estimate of drug-likeness (QED) is 0.345. The Morgan fingerprint density at radius 2 is 1.59 bits per heavy atom. The number of benzene rings is 3. The number of aryl methyl sites for hydroxylation is 1. The molecule has 1 N–H and O–H groups in total. The number of fused-ring (bicyclic) bond motifs is 2. The van der Waals surface area contributed by atoms with Crippen molar-refractivity contribution in [2.24, 2.45) is 0 Å². The normalized spacial score (nSPS) is 11.3. The van der Waals surface area contributed by atoms with Crippen LogP contribution >= 0.6 is 0 Å². The van der Waals surface area contributed by atoms with Gasteiger partial charge in [0.2, 0.25) is 5.91 Å². The van der Waals surface area contributed by atoms with Gasteiger partial charge in [0.25, 0.3) is 0 Å². The molecule has 5 nitrogen and oxygen atoms in total. The van der Waals surface area contributed by atoms with E-state index in [1.54, 1.807) is 43.5 Å². The van der Waals surface area contributed by atoms with Crippen LogP contribution < -0.4 is 10.9 Å². The van der Waals surface area contributed by atoms with E-state index < -0.39 is 5.63 Å². The maximum Gasteiger partial charge on any atom is 0.340 e. The third-order valence-corrected chi connectivity index (χ3v) is 5.88. The lowest BCUT2D eigenvalue weighted by molar-refractivity contribution is -0.120. The molecule has 2 heterocycles. The highest BCUT2D eigenvalue weighted by atomic mass is 19.1. The van der Waals surface area contributed by atoms with Crippen LogP contribution in [0.4, 0.5) is 8.78 Å². The monoisotopic (exact) mass is 459 g/mol. The Hall–Kier alpha value is -4.26. The Morgan fingerprint density at radius 1 is 0.912 bits per heavy atom. The molecule has 0 saturated carbocycles. The second-order valence-corrected chi connectivity index (χ2v) is 8.07. The Morgan fingerprint density at radius 3 is 2.29 bits per heavy atom. The summed E-state index contributed by atoms with van der Waals surface area (Å²) in [5.41, 5.74) is 3.49. The largest absolute Gasteiger partial charge is 0.464 e. The Kier molecular flexibility index (Phi) is 5.45. The summed E-state index contributed by atoms with van der Waals surface area (Å²) in [6, 6.07) is 15.4. The lowest BCUT2D eigenvalue weighted by Gasteiger charge is -2.09. The van der Waals surface area contributed by atoms with Crippen molar-refractivity contribution in [2.75, 3.05) is 0 Å². The number of carbonyl (C=O) groups is 1. The summed E-state index contributed by atoms with van der Waals surface area (Å²) in [6.45, 7) is 1.99. The first-order valence-electron chi connectivity index (χ1n) is 10.6. The summed E-state index contributed by atoms with van der Waals surface area (Å²) in [5, 5.41) is 4.20. The van der Waals surface area contributed by atoms with Gasteiger partial charge in [-0.1, -0.05) is 24.3 Å². The number of halogens is 2. The van der Waals surface area contributed by atoms with Gasteiger partial charge < -0.3 is 14.2 Å². The van der Waals surface area contributed by atoms with Gasteiger partial charge in [-0.3, -0.25) is 4.79 Å². The first-order valence-corrected chi connectivity index (χ1v) is 10.6. The number of nitrogens with one attached hydrogen (secondary N) is 1. The third kappa shape index (κ3) is 4.08. The minimum Gasteiger partial charge on any atom is -0.464 e. The van der Waals surface area contributed by atoms with Gasteiger partial charge in [-0.25, -0.2) is 13.6 Å². The molecule has 170 valence electrons. The van der Waals surface area contributed by atoms with Crippen molar-refractivity contribution in [1.82, 2.24) is 5.32 Å². The first-order chi connectivity index (χ1) is 16.4. The summed E-state index contributed by atoms with van der Waals surface area (Å²) < 4.78 is 37.6. The summed E-state index contributed by atoms with van der Waals surface area (Å²) in [5.74, 6) is -1.04. The summed E-state index contributed by atoms with van der Waals surface area (Å²) in [7, 11) is 0. The Balaban J connectivity index is 1.47. The van der Waals surface area contributed by atoms with Crippen LogP contribution in [0.25, 0.3) is 33.1 Å². The van der Waals surface area contributed by atoms with Gasteiger partial charge in [0.15, 0.2) is 0 Å². The second-order valence-electron chi connectivity index (χ2n) is 8.07. The molecule has 0 fully saturated rings. The average Bonchev–Trinajstić information content (AvgIpc) is 3.23. The fourth-order valence-corrected chi connectivity index (χ4v) is 3.99. The van der Waals surface area contributed by atoms with E-state index in [1.165, 1.54) is 24.3 Å². The van der Waals surface area contributed by atoms with E-state index in [-0.39, 0.29) is 36.1 Å². The first kappa shape index (κ1) is 21.6. The summed E-state index contributed by atoms with van der Waals surface area (Å²) in [4.78, 5) is 25.2. The van der Waals surface area contributed by atoms with Crippen molar-refractivity contribution in [3.8, 4) is 11.1 Å². The number of amides is 1. The molecule has 5 rings (SSSR count). The minimum atomic E-state index is -0.591. The highest BCUT2D eigenvalue weighted by Gasteiger charge is 2.18. The van der Waals surface area contributed by atoms with Gasteiger partial charge in [-0.15, -0.1) is 0 Å². The molecule has 34 heavy (non-hydrogen) atoms. The van der Waals surface area contributed by atoms with Gasteiger partial charge in [-0.2, -0.15) is 0 Å². The van der Waals surface area contributed by atoms with E-state index in [1.807, 2.05) is 6.07 Å². The molecule has 0 saturated heterocycles. The minimum absolute atomic E-state index is 0.153. The number of hydrogen-bond donors (Lipinski definition) is 1. The van der Waals surface area contributed by atoms with Crippen molar-refractivity contribution in [3.05, 3.63) is 106 Å². The zero-order valence-electron chi connectivity index (χ0n) is 18.2. The second kappa shape index (κ2) is 8.59. The van der Waals surface area contributed by atoms with Crippen LogP contribution in [0.2, 0.25) is 0 Å².